The van der Waals surface area contributed by atoms with Gasteiger partial charge in [0.25, 0.3) is 10.0 Å². The molecule has 4 aromatic rings. The van der Waals surface area contributed by atoms with Gasteiger partial charge in [0.05, 0.1) is 10.6 Å². The Morgan fingerprint density at radius 2 is 1.61 bits per heavy atom. The van der Waals surface area contributed by atoms with Gasteiger partial charge in [0, 0.05) is 27.2 Å². The van der Waals surface area contributed by atoms with Crippen molar-refractivity contribution in [3.8, 4) is 21.8 Å². The minimum Gasteiger partial charge on any atom is -0.280 e. The zero-order valence-corrected chi connectivity index (χ0v) is 16.9. The summed E-state index contributed by atoms with van der Waals surface area (Å²) in [6.45, 7) is 0. The van der Waals surface area contributed by atoms with E-state index in [-0.39, 0.29) is 4.90 Å². The van der Waals surface area contributed by atoms with E-state index < -0.39 is 10.0 Å². The summed E-state index contributed by atoms with van der Waals surface area (Å²) in [7, 11) is -3.69. The molecule has 1 N–H and O–H groups in total. The predicted octanol–water partition coefficient (Wildman–Crippen LogP) is 5.93. The Balaban J connectivity index is 1.54. The molecule has 3 aromatic carbocycles. The molecule has 4 nitrogen and oxygen atoms in total. The molecule has 0 unspecified atom stereocenters. The maximum absolute atomic E-state index is 12.5. The van der Waals surface area contributed by atoms with Gasteiger partial charge in [-0.05, 0) is 30.3 Å². The van der Waals surface area contributed by atoms with Gasteiger partial charge >= 0.3 is 0 Å². The van der Waals surface area contributed by atoms with Crippen LogP contribution < -0.4 is 4.72 Å². The van der Waals surface area contributed by atoms with Gasteiger partial charge in [-0.15, -0.1) is 11.3 Å². The van der Waals surface area contributed by atoms with Crippen molar-refractivity contribution in [2.75, 3.05) is 4.72 Å². The molecule has 0 bridgehead atoms. The summed E-state index contributed by atoms with van der Waals surface area (Å²) in [4.78, 5) is 4.80. The SMILES string of the molecule is O=S(=O)(Nc1ccc(-c2csc(-c3ccccc3)n2)cc1)c1cccc(Cl)c1. The highest BCUT2D eigenvalue weighted by atomic mass is 35.5. The monoisotopic (exact) mass is 426 g/mol. The quantitative estimate of drug-likeness (QED) is 0.430. The first-order chi connectivity index (χ1) is 13.5. The highest BCUT2D eigenvalue weighted by Gasteiger charge is 2.14. The second kappa shape index (κ2) is 7.75. The van der Waals surface area contributed by atoms with E-state index in [2.05, 4.69) is 9.71 Å². The highest BCUT2D eigenvalue weighted by Crippen LogP contribution is 2.29. The second-order valence-electron chi connectivity index (χ2n) is 6.04. The molecule has 0 saturated heterocycles. The molecule has 0 amide bonds. The maximum atomic E-state index is 12.5. The molecule has 4 rings (SSSR count). The first-order valence-electron chi connectivity index (χ1n) is 8.41. The summed E-state index contributed by atoms with van der Waals surface area (Å²) in [6.07, 6.45) is 0. The average molecular weight is 427 g/mol. The molecular formula is C21H15ClN2O2S2. The fraction of sp³-hybridized carbons (Fsp3) is 0. The van der Waals surface area contributed by atoms with Crippen LogP contribution in [0.5, 0.6) is 0 Å². The van der Waals surface area contributed by atoms with Crippen LogP contribution in [0.4, 0.5) is 5.69 Å². The summed E-state index contributed by atoms with van der Waals surface area (Å²) in [5.74, 6) is 0. The van der Waals surface area contributed by atoms with Gasteiger partial charge in [-0.2, -0.15) is 0 Å². The standard InChI is InChI=1S/C21H15ClN2O2S2/c22-17-7-4-8-19(13-17)28(25,26)24-18-11-9-15(10-12-18)20-14-27-21(23-20)16-5-2-1-3-6-16/h1-14,24H. The molecular weight excluding hydrogens is 412 g/mol. The largest absolute Gasteiger partial charge is 0.280 e. The molecule has 0 fully saturated rings. The molecule has 0 radical (unpaired) electrons. The summed E-state index contributed by atoms with van der Waals surface area (Å²) in [6, 6.07) is 23.3. The first-order valence-corrected chi connectivity index (χ1v) is 11.2. The fourth-order valence-electron chi connectivity index (χ4n) is 2.68. The van der Waals surface area contributed by atoms with Gasteiger partial charge in [0.1, 0.15) is 5.01 Å². The Kier molecular flexibility index (Phi) is 5.17. The molecule has 0 aliphatic carbocycles. The lowest BCUT2D eigenvalue weighted by Crippen LogP contribution is -2.12. The van der Waals surface area contributed by atoms with E-state index in [4.69, 9.17) is 11.6 Å². The highest BCUT2D eigenvalue weighted by molar-refractivity contribution is 7.92. The van der Waals surface area contributed by atoms with Crippen LogP contribution in [-0.2, 0) is 10.0 Å². The van der Waals surface area contributed by atoms with E-state index in [9.17, 15) is 8.42 Å². The molecule has 0 saturated carbocycles. The summed E-state index contributed by atoms with van der Waals surface area (Å²) in [5, 5.41) is 3.31. The van der Waals surface area contributed by atoms with E-state index in [1.165, 1.54) is 12.1 Å². The van der Waals surface area contributed by atoms with Crippen LogP contribution in [0.15, 0.2) is 89.1 Å². The molecule has 0 spiro atoms. The third-order valence-electron chi connectivity index (χ3n) is 4.06. The lowest BCUT2D eigenvalue weighted by molar-refractivity contribution is 0.601. The molecule has 140 valence electrons. The van der Waals surface area contributed by atoms with Gasteiger partial charge in [-0.25, -0.2) is 13.4 Å². The Hall–Kier alpha value is -2.67. The van der Waals surface area contributed by atoms with Gasteiger partial charge in [0.15, 0.2) is 0 Å². The Morgan fingerprint density at radius 1 is 0.857 bits per heavy atom. The van der Waals surface area contributed by atoms with Crippen molar-refractivity contribution in [3.63, 3.8) is 0 Å². The number of sulfonamides is 1. The van der Waals surface area contributed by atoms with E-state index >= 15 is 0 Å². The number of benzene rings is 3. The number of anilines is 1. The second-order valence-corrected chi connectivity index (χ2v) is 9.02. The number of rotatable bonds is 5. The number of hydrogen-bond donors (Lipinski definition) is 1. The van der Waals surface area contributed by atoms with Gasteiger partial charge in [-0.3, -0.25) is 4.72 Å². The van der Waals surface area contributed by atoms with Crippen molar-refractivity contribution in [2.45, 2.75) is 4.90 Å². The van der Waals surface area contributed by atoms with Crippen molar-refractivity contribution >= 4 is 38.6 Å². The third-order valence-corrected chi connectivity index (χ3v) is 6.57. The average Bonchev–Trinajstić information content (AvgIpc) is 3.19. The Bertz CT molecular complexity index is 1200. The third kappa shape index (κ3) is 4.09. The van der Waals surface area contributed by atoms with E-state index in [1.807, 2.05) is 47.8 Å². The minimum atomic E-state index is -3.69. The molecule has 28 heavy (non-hydrogen) atoms. The summed E-state index contributed by atoms with van der Waals surface area (Å²) >= 11 is 7.47. The fourth-order valence-corrected chi connectivity index (χ4v) is 4.87. The maximum Gasteiger partial charge on any atom is 0.261 e. The van der Waals surface area contributed by atoms with E-state index in [0.717, 1.165) is 21.8 Å². The molecule has 0 atom stereocenters. The summed E-state index contributed by atoms with van der Waals surface area (Å²) in [5.41, 5.74) is 3.32. The van der Waals surface area contributed by atoms with Crippen LogP contribution in [0.2, 0.25) is 5.02 Å². The lowest BCUT2D eigenvalue weighted by atomic mass is 10.1. The van der Waals surface area contributed by atoms with Gasteiger partial charge in [-0.1, -0.05) is 60.1 Å². The van der Waals surface area contributed by atoms with Crippen LogP contribution in [0, 0.1) is 0 Å². The molecule has 7 heteroatoms. The van der Waals surface area contributed by atoms with Crippen LogP contribution in [-0.4, -0.2) is 13.4 Å². The summed E-state index contributed by atoms with van der Waals surface area (Å²) < 4.78 is 27.5. The topological polar surface area (TPSA) is 59.1 Å². The molecule has 0 aliphatic heterocycles. The van der Waals surface area contributed by atoms with Crippen molar-refractivity contribution < 1.29 is 8.42 Å². The zero-order chi connectivity index (χ0) is 19.6. The number of nitrogens with zero attached hydrogens (tertiary/aromatic N) is 1. The normalized spacial score (nSPS) is 11.3. The lowest BCUT2D eigenvalue weighted by Gasteiger charge is -2.09. The van der Waals surface area contributed by atoms with E-state index in [1.54, 1.807) is 35.6 Å². The predicted molar refractivity (Wildman–Crippen MR) is 115 cm³/mol. The van der Waals surface area contributed by atoms with Crippen molar-refractivity contribution in [3.05, 3.63) is 89.3 Å². The number of aromatic nitrogens is 1. The Morgan fingerprint density at radius 3 is 2.32 bits per heavy atom. The van der Waals surface area contributed by atoms with Crippen LogP contribution in [0.25, 0.3) is 21.8 Å². The Labute approximate surface area is 172 Å². The van der Waals surface area contributed by atoms with Crippen molar-refractivity contribution in [1.82, 2.24) is 4.98 Å². The van der Waals surface area contributed by atoms with Crippen molar-refractivity contribution in [2.24, 2.45) is 0 Å². The smallest absolute Gasteiger partial charge is 0.261 e. The minimum absolute atomic E-state index is 0.121. The number of nitrogens with one attached hydrogen (secondary N) is 1. The molecule has 1 heterocycles. The number of thiazole rings is 1. The first kappa shape index (κ1) is 18.7. The van der Waals surface area contributed by atoms with Crippen LogP contribution >= 0.6 is 22.9 Å². The van der Waals surface area contributed by atoms with Gasteiger partial charge < -0.3 is 0 Å². The van der Waals surface area contributed by atoms with E-state index in [0.29, 0.717) is 10.7 Å². The number of halogens is 1. The van der Waals surface area contributed by atoms with Crippen LogP contribution in [0.1, 0.15) is 0 Å². The zero-order valence-electron chi connectivity index (χ0n) is 14.5. The van der Waals surface area contributed by atoms with Crippen molar-refractivity contribution in [1.29, 1.82) is 0 Å². The van der Waals surface area contributed by atoms with Gasteiger partial charge in [0.2, 0.25) is 0 Å². The number of hydrogen-bond acceptors (Lipinski definition) is 4. The van der Waals surface area contributed by atoms with Crippen LogP contribution in [0.3, 0.4) is 0 Å². The molecule has 0 aliphatic rings. The molecule has 1 aromatic heterocycles.